The molecule has 1 aliphatic heterocycles. The molecule has 11 nitrogen and oxygen atoms in total. The summed E-state index contributed by atoms with van der Waals surface area (Å²) in [6.45, 7) is 0.453. The molecule has 214 valence electrons. The van der Waals surface area contributed by atoms with Gasteiger partial charge in [-0.2, -0.15) is 0 Å². The first-order valence-electron chi connectivity index (χ1n) is 13.1. The van der Waals surface area contributed by atoms with Crippen molar-refractivity contribution in [1.82, 2.24) is 29.4 Å². The molecular weight excluding hydrogens is 531 g/mol. The molecule has 1 saturated heterocycles. The molecule has 4 heterocycles. The van der Waals surface area contributed by atoms with Crippen LogP contribution in [0.1, 0.15) is 31.3 Å². The quantitative estimate of drug-likeness (QED) is 0.255. The summed E-state index contributed by atoms with van der Waals surface area (Å²) in [6, 6.07) is 6.13. The van der Waals surface area contributed by atoms with Crippen LogP contribution in [0.15, 0.2) is 36.8 Å². The number of aliphatic hydroxyl groups excluding tert-OH is 2. The van der Waals surface area contributed by atoms with Gasteiger partial charge >= 0.3 is 6.36 Å². The summed E-state index contributed by atoms with van der Waals surface area (Å²) in [6.07, 6.45) is -1.73. The SMILES string of the molecule is CN(CC1OC(n2ccc3c(N)ncnc32)C(O)C1O)C1CC(CCc2nc3ccc(OC(F)(F)F)cc3[nH]2)C1. The first-order chi connectivity index (χ1) is 19.1. The lowest BCUT2D eigenvalue weighted by molar-refractivity contribution is -0.274. The molecule has 4 unspecified atom stereocenters. The van der Waals surface area contributed by atoms with E-state index in [2.05, 4.69) is 29.6 Å². The van der Waals surface area contributed by atoms with Crippen molar-refractivity contribution in [1.29, 1.82) is 0 Å². The molecule has 0 radical (unpaired) electrons. The fourth-order valence-electron chi connectivity index (χ4n) is 5.73. The van der Waals surface area contributed by atoms with Gasteiger partial charge in [0, 0.05) is 31.3 Å². The second kappa shape index (κ2) is 10.2. The van der Waals surface area contributed by atoms with Gasteiger partial charge in [-0.15, -0.1) is 13.2 Å². The molecule has 0 amide bonds. The zero-order valence-electron chi connectivity index (χ0n) is 21.6. The van der Waals surface area contributed by atoms with E-state index >= 15 is 0 Å². The number of aromatic amines is 1. The van der Waals surface area contributed by atoms with E-state index in [0.717, 1.165) is 25.1 Å². The third kappa shape index (κ3) is 5.19. The number of rotatable bonds is 8. The van der Waals surface area contributed by atoms with Crippen molar-refractivity contribution in [2.75, 3.05) is 19.3 Å². The Morgan fingerprint density at radius 3 is 2.77 bits per heavy atom. The van der Waals surface area contributed by atoms with Crippen molar-refractivity contribution in [3.63, 3.8) is 0 Å². The second-order valence-electron chi connectivity index (χ2n) is 10.6. The van der Waals surface area contributed by atoms with Crippen LogP contribution in [0.4, 0.5) is 19.0 Å². The molecule has 4 atom stereocenters. The number of alkyl halides is 3. The molecule has 14 heteroatoms. The first-order valence-corrected chi connectivity index (χ1v) is 13.1. The van der Waals surface area contributed by atoms with Gasteiger partial charge in [-0.05, 0) is 50.4 Å². The minimum absolute atomic E-state index is 0.282. The van der Waals surface area contributed by atoms with Crippen LogP contribution < -0.4 is 10.5 Å². The van der Waals surface area contributed by atoms with E-state index in [4.69, 9.17) is 10.5 Å². The zero-order chi connectivity index (χ0) is 28.2. The highest BCUT2D eigenvalue weighted by Gasteiger charge is 2.45. The van der Waals surface area contributed by atoms with E-state index in [-0.39, 0.29) is 5.75 Å². The minimum Gasteiger partial charge on any atom is -0.406 e. The average Bonchev–Trinajstić information content (AvgIpc) is 3.54. The van der Waals surface area contributed by atoms with Gasteiger partial charge in [0.2, 0.25) is 0 Å². The Morgan fingerprint density at radius 1 is 1.20 bits per heavy atom. The number of anilines is 1. The Morgan fingerprint density at radius 2 is 2.00 bits per heavy atom. The Hall–Kier alpha value is -3.46. The maximum atomic E-state index is 12.5. The number of likely N-dealkylation sites (N-methyl/N-ethyl adjacent to an activating group) is 1. The summed E-state index contributed by atoms with van der Waals surface area (Å²) in [5.74, 6) is 1.25. The van der Waals surface area contributed by atoms with Gasteiger partial charge in [0.05, 0.1) is 16.4 Å². The van der Waals surface area contributed by atoms with Gasteiger partial charge in [0.25, 0.3) is 0 Å². The average molecular weight is 562 g/mol. The third-order valence-electron chi connectivity index (χ3n) is 7.98. The molecule has 1 saturated carbocycles. The van der Waals surface area contributed by atoms with Crippen LogP contribution in [0, 0.1) is 5.92 Å². The van der Waals surface area contributed by atoms with Crippen LogP contribution in [0.3, 0.4) is 0 Å². The highest BCUT2D eigenvalue weighted by atomic mass is 19.4. The number of nitrogen functional groups attached to an aromatic ring is 1. The molecule has 1 aromatic carbocycles. The number of imidazole rings is 1. The third-order valence-corrected chi connectivity index (χ3v) is 7.98. The molecule has 4 aromatic rings. The second-order valence-corrected chi connectivity index (χ2v) is 10.6. The highest BCUT2D eigenvalue weighted by molar-refractivity contribution is 5.86. The smallest absolute Gasteiger partial charge is 0.406 e. The van der Waals surface area contributed by atoms with E-state index in [1.54, 1.807) is 16.8 Å². The van der Waals surface area contributed by atoms with Gasteiger partial charge < -0.3 is 39.9 Å². The summed E-state index contributed by atoms with van der Waals surface area (Å²) in [4.78, 5) is 18.0. The molecular formula is C26H30F3N7O4. The predicted octanol–water partition coefficient (Wildman–Crippen LogP) is 2.75. The lowest BCUT2D eigenvalue weighted by Crippen LogP contribution is -2.47. The maximum absolute atomic E-state index is 12.5. The number of hydrogen-bond donors (Lipinski definition) is 4. The molecule has 6 rings (SSSR count). The zero-order valence-corrected chi connectivity index (χ0v) is 21.6. The number of nitrogens with zero attached hydrogens (tertiary/aromatic N) is 5. The Balaban J connectivity index is 0.999. The minimum atomic E-state index is -4.74. The van der Waals surface area contributed by atoms with Crippen LogP contribution in [0.2, 0.25) is 0 Å². The monoisotopic (exact) mass is 561 g/mol. The van der Waals surface area contributed by atoms with E-state index in [1.807, 2.05) is 7.05 Å². The van der Waals surface area contributed by atoms with Gasteiger partial charge in [0.1, 0.15) is 47.7 Å². The number of fused-ring (bicyclic) bond motifs is 2. The van der Waals surface area contributed by atoms with E-state index in [9.17, 15) is 23.4 Å². The first kappa shape index (κ1) is 26.7. The highest BCUT2D eigenvalue weighted by Crippen LogP contribution is 2.37. The van der Waals surface area contributed by atoms with Crippen LogP contribution >= 0.6 is 0 Å². The molecule has 2 aliphatic rings. The lowest BCUT2D eigenvalue weighted by atomic mass is 9.76. The fourth-order valence-corrected chi connectivity index (χ4v) is 5.73. The molecule has 3 aromatic heterocycles. The molecule has 1 aliphatic carbocycles. The number of hydrogen-bond acceptors (Lipinski definition) is 9. The summed E-state index contributed by atoms with van der Waals surface area (Å²) in [5, 5.41) is 22.1. The number of benzene rings is 1. The van der Waals surface area contributed by atoms with E-state index in [0.29, 0.717) is 52.8 Å². The van der Waals surface area contributed by atoms with Gasteiger partial charge in [-0.3, -0.25) is 0 Å². The Bertz CT molecular complexity index is 1500. The van der Waals surface area contributed by atoms with Crippen molar-refractivity contribution < 1.29 is 32.9 Å². The van der Waals surface area contributed by atoms with Crippen molar-refractivity contribution in [2.24, 2.45) is 5.92 Å². The standard InChI is InChI=1S/C26H30F3N7O4/c1-35(11-19-21(37)22(38)25(39-19)36-7-6-16-23(30)31-12-32-24(16)36)14-8-13(9-14)2-5-20-33-17-4-3-15(10-18(17)34-20)40-26(27,28)29/h3-4,6-7,10,12-14,19,21-22,25,37-38H,2,5,8-9,11H2,1H3,(H,33,34)(H2,30,31,32). The number of nitrogens with one attached hydrogen (secondary N) is 1. The lowest BCUT2D eigenvalue weighted by Gasteiger charge is -2.42. The Kier molecular flexibility index (Phi) is 6.81. The van der Waals surface area contributed by atoms with Gasteiger partial charge in [0.15, 0.2) is 6.23 Å². The topological polar surface area (TPSA) is 148 Å². The molecule has 5 N–H and O–H groups in total. The summed E-state index contributed by atoms with van der Waals surface area (Å²) in [7, 11) is 1.98. The molecule has 40 heavy (non-hydrogen) atoms. The van der Waals surface area contributed by atoms with Crippen molar-refractivity contribution in [2.45, 2.75) is 62.6 Å². The molecule has 0 spiro atoms. The summed E-state index contributed by atoms with van der Waals surface area (Å²) < 4.78 is 49.2. The largest absolute Gasteiger partial charge is 0.573 e. The summed E-state index contributed by atoms with van der Waals surface area (Å²) >= 11 is 0. The maximum Gasteiger partial charge on any atom is 0.573 e. The molecule has 2 fully saturated rings. The van der Waals surface area contributed by atoms with Crippen LogP contribution in [-0.2, 0) is 11.2 Å². The van der Waals surface area contributed by atoms with Crippen molar-refractivity contribution in [3.8, 4) is 5.75 Å². The van der Waals surface area contributed by atoms with Gasteiger partial charge in [-0.25, -0.2) is 15.0 Å². The number of H-pyrrole nitrogens is 1. The molecule has 0 bridgehead atoms. The Labute approximate surface area is 226 Å². The number of aryl methyl sites for hydroxylation is 1. The number of aliphatic hydroxyl groups is 2. The number of nitrogens with two attached hydrogens (primary N) is 1. The fraction of sp³-hybridized carbons (Fsp3) is 0.500. The summed E-state index contributed by atoms with van der Waals surface area (Å²) in [5.41, 5.74) is 7.54. The van der Waals surface area contributed by atoms with Crippen LogP contribution in [0.25, 0.3) is 22.1 Å². The van der Waals surface area contributed by atoms with Crippen molar-refractivity contribution in [3.05, 3.63) is 42.6 Å². The number of aromatic nitrogens is 5. The number of ether oxygens (including phenoxy) is 2. The number of halogens is 3. The van der Waals surface area contributed by atoms with E-state index < -0.39 is 30.9 Å². The van der Waals surface area contributed by atoms with Crippen LogP contribution in [0.5, 0.6) is 5.75 Å². The van der Waals surface area contributed by atoms with E-state index in [1.165, 1.54) is 24.5 Å². The van der Waals surface area contributed by atoms with Gasteiger partial charge in [-0.1, -0.05) is 0 Å². The van der Waals surface area contributed by atoms with Crippen LogP contribution in [-0.4, -0.2) is 83.9 Å². The van der Waals surface area contributed by atoms with Crippen molar-refractivity contribution >= 4 is 27.9 Å². The predicted molar refractivity (Wildman–Crippen MR) is 138 cm³/mol. The normalized spacial score (nSPS) is 27.1.